The number of ketones is 3. The van der Waals surface area contributed by atoms with Crippen molar-refractivity contribution in [3.63, 3.8) is 0 Å². The van der Waals surface area contributed by atoms with Crippen molar-refractivity contribution < 1.29 is 76.9 Å². The van der Waals surface area contributed by atoms with Gasteiger partial charge in [0.2, 0.25) is 5.79 Å². The normalized spacial score (nSPS) is 38.8. The Kier molecular flexibility index (Phi) is 23.0. The summed E-state index contributed by atoms with van der Waals surface area (Å²) in [6.45, 7) is 18.3. The zero-order valence-corrected chi connectivity index (χ0v) is 47.7. The van der Waals surface area contributed by atoms with E-state index in [1.165, 1.54) is 12.0 Å². The fourth-order valence-corrected chi connectivity index (χ4v) is 11.4. The van der Waals surface area contributed by atoms with E-state index in [0.29, 0.717) is 69.8 Å². The molecule has 17 nitrogen and oxygen atoms in total. The van der Waals surface area contributed by atoms with E-state index in [1.807, 2.05) is 58.1 Å². The second kappa shape index (κ2) is 27.8. The van der Waals surface area contributed by atoms with Gasteiger partial charge in [0.1, 0.15) is 41.7 Å². The van der Waals surface area contributed by atoms with Gasteiger partial charge in [-0.3, -0.25) is 24.0 Å². The van der Waals surface area contributed by atoms with Crippen LogP contribution in [0.2, 0.25) is 0 Å². The second-order valence-electron chi connectivity index (χ2n) is 23.5. The van der Waals surface area contributed by atoms with Gasteiger partial charge in [-0.05, 0) is 128 Å². The molecule has 1 saturated carbocycles. The summed E-state index contributed by atoms with van der Waals surface area (Å²) in [5.74, 6) is -9.63. The molecule has 0 aromatic heterocycles. The number of nitrogens with zero attached hydrogens (tertiary/aromatic N) is 1. The number of esters is 2. The maximum absolute atomic E-state index is 14.6. The maximum atomic E-state index is 14.6. The van der Waals surface area contributed by atoms with Crippen molar-refractivity contribution in [2.24, 2.45) is 40.9 Å². The molecule has 1 amide bonds. The van der Waals surface area contributed by atoms with E-state index >= 15 is 0 Å². The Morgan fingerprint density at radius 3 is 2.18 bits per heavy atom. The third kappa shape index (κ3) is 16.1. The molecule has 1 aliphatic carbocycles. The van der Waals surface area contributed by atoms with E-state index in [9.17, 15) is 39.0 Å². The van der Waals surface area contributed by atoms with Gasteiger partial charge in [0.05, 0.1) is 31.5 Å². The molecule has 76 heavy (non-hydrogen) atoms. The van der Waals surface area contributed by atoms with E-state index in [1.54, 1.807) is 61.8 Å². The Hall–Kier alpha value is -3.94. The van der Waals surface area contributed by atoms with Gasteiger partial charge in [-0.1, -0.05) is 71.1 Å². The van der Waals surface area contributed by atoms with Gasteiger partial charge in [0, 0.05) is 58.5 Å². The summed E-state index contributed by atoms with van der Waals surface area (Å²) in [5.41, 5.74) is 0.243. The number of hydrogen-bond donors (Lipinski definition) is 2. The Morgan fingerprint density at radius 1 is 0.829 bits per heavy atom. The molecule has 3 saturated heterocycles. The lowest BCUT2D eigenvalue weighted by Crippen LogP contribution is -2.61. The first-order chi connectivity index (χ1) is 35.8. The monoisotopic (exact) mass is 1070 g/mol. The molecule has 4 aliphatic heterocycles. The van der Waals surface area contributed by atoms with E-state index in [4.69, 9.17) is 37.9 Å². The van der Waals surface area contributed by atoms with Crippen molar-refractivity contribution in [1.29, 1.82) is 0 Å². The van der Waals surface area contributed by atoms with Crippen LogP contribution < -0.4 is 0 Å². The molecule has 4 fully saturated rings. The minimum atomic E-state index is -2.46. The van der Waals surface area contributed by atoms with Crippen LogP contribution in [0.15, 0.2) is 47.6 Å². The highest BCUT2D eigenvalue weighted by Gasteiger charge is 2.53. The number of aliphatic hydroxyl groups excluding tert-OH is 1. The van der Waals surface area contributed by atoms with Gasteiger partial charge in [-0.2, -0.15) is 0 Å². The number of hydrogen-bond acceptors (Lipinski definition) is 16. The summed E-state index contributed by atoms with van der Waals surface area (Å²) in [7, 11) is 4.52. The molecular weight excluding hydrogens is 979 g/mol. The molecule has 5 aliphatic rings. The molecule has 4 heterocycles. The minimum Gasteiger partial charge on any atom is -0.460 e. The summed E-state index contributed by atoms with van der Waals surface area (Å²) in [6.07, 6.45) is 10.5. The molecule has 17 heteroatoms. The van der Waals surface area contributed by atoms with Gasteiger partial charge >= 0.3 is 11.9 Å². The summed E-state index contributed by atoms with van der Waals surface area (Å²) in [6, 6.07) is -1.18. The van der Waals surface area contributed by atoms with Crippen LogP contribution in [-0.4, -0.2) is 152 Å². The third-order valence-corrected chi connectivity index (χ3v) is 16.7. The number of cyclic esters (lactones) is 1. The highest BCUT2D eigenvalue weighted by atomic mass is 16.7. The number of fused-ring (bicyclic) bond motifs is 3. The lowest BCUT2D eigenvalue weighted by Gasteiger charge is -2.43. The topological polar surface area (TPSA) is 220 Å². The number of ether oxygens (including phenoxy) is 8. The number of piperidine rings is 1. The van der Waals surface area contributed by atoms with Gasteiger partial charge < -0.3 is 53.0 Å². The summed E-state index contributed by atoms with van der Waals surface area (Å²) in [4.78, 5) is 86.3. The third-order valence-electron chi connectivity index (χ3n) is 16.7. The van der Waals surface area contributed by atoms with Crippen molar-refractivity contribution in [3.05, 3.63) is 47.6 Å². The van der Waals surface area contributed by atoms with Crippen molar-refractivity contribution in [2.75, 3.05) is 41.1 Å². The van der Waals surface area contributed by atoms with E-state index in [-0.39, 0.29) is 56.0 Å². The fraction of sp³-hybridized carbons (Fsp3) is 0.763. The largest absolute Gasteiger partial charge is 0.460 e. The number of allylic oxidation sites excluding steroid dienone is 6. The first kappa shape index (κ1) is 62.9. The lowest BCUT2D eigenvalue weighted by molar-refractivity contribution is -0.283. The molecule has 428 valence electrons. The highest BCUT2D eigenvalue weighted by Crippen LogP contribution is 2.39. The first-order valence-electron chi connectivity index (χ1n) is 27.8. The summed E-state index contributed by atoms with van der Waals surface area (Å²) >= 11 is 0. The first-order valence-corrected chi connectivity index (χ1v) is 27.8. The predicted molar refractivity (Wildman–Crippen MR) is 283 cm³/mol. The smallest absolute Gasteiger partial charge is 0.329 e. The number of carbonyl (C=O) groups excluding carboxylic acids is 6. The molecule has 0 radical (unpaired) electrons. The van der Waals surface area contributed by atoms with E-state index in [0.717, 1.165) is 5.57 Å². The van der Waals surface area contributed by atoms with Crippen molar-refractivity contribution in [1.82, 2.24) is 4.90 Å². The van der Waals surface area contributed by atoms with E-state index < -0.39 is 113 Å². The van der Waals surface area contributed by atoms with Crippen LogP contribution in [0.1, 0.15) is 146 Å². The van der Waals surface area contributed by atoms with Crippen LogP contribution in [0.5, 0.6) is 0 Å². The van der Waals surface area contributed by atoms with E-state index in [2.05, 4.69) is 0 Å². The van der Waals surface area contributed by atoms with Gasteiger partial charge in [0.25, 0.3) is 11.7 Å². The molecule has 2 bridgehead atoms. The quantitative estimate of drug-likeness (QED) is 0.136. The van der Waals surface area contributed by atoms with Gasteiger partial charge in [-0.25, -0.2) is 4.79 Å². The van der Waals surface area contributed by atoms with Crippen LogP contribution in [0.25, 0.3) is 0 Å². The molecule has 0 spiro atoms. The number of amides is 1. The molecular formula is C59H91NO16. The van der Waals surface area contributed by atoms with Crippen molar-refractivity contribution in [2.45, 2.75) is 207 Å². The van der Waals surface area contributed by atoms with Crippen LogP contribution in [0.3, 0.4) is 0 Å². The van der Waals surface area contributed by atoms with Crippen molar-refractivity contribution >= 4 is 35.2 Å². The molecule has 0 aromatic rings. The molecule has 15 atom stereocenters. The number of Topliss-reactive ketones (excluding diaryl/α,β-unsaturated/α-hetero) is 3. The number of aliphatic hydroxyl groups is 2. The average molecular weight is 1070 g/mol. The summed E-state index contributed by atoms with van der Waals surface area (Å²) in [5, 5.41) is 23.6. The highest BCUT2D eigenvalue weighted by molar-refractivity contribution is 6.39. The molecule has 0 unspecified atom stereocenters. The van der Waals surface area contributed by atoms with Gasteiger partial charge in [-0.15, -0.1) is 0 Å². The minimum absolute atomic E-state index is 0.000496. The average Bonchev–Trinajstić information content (AvgIpc) is 3.39. The predicted octanol–water partition coefficient (Wildman–Crippen LogP) is 7.52. The van der Waals surface area contributed by atoms with Crippen LogP contribution >= 0.6 is 0 Å². The number of rotatable bonds is 8. The van der Waals surface area contributed by atoms with Crippen LogP contribution in [0.4, 0.5) is 0 Å². The molecule has 0 aromatic carbocycles. The SMILES string of the molecule is CO[C@@H]1C[C@@H]2CC[C@@H](C)[C@@](O)(O2)C(=O)C(=O)N2CCCC[C@H]2C(=O)O[C@H]([C@H](C)C[C@@H]2CC[C@@H](OC(=O)C3(C)COC(C)(C)OC3)[C@H](OC)C2)CC(=O)[C@H](C)/C=C(\C)[C@@H](O)[C@@H](OC)C(=O)[C@H](C)C[C@H](C)/C=C/C=C/C=C/1C. The molecule has 5 rings (SSSR count). The molecule has 2 N–H and O–H groups in total. The Labute approximate surface area is 451 Å². The standard InChI is InChI=1S/C59H91NO16/c1-35-19-15-14-16-20-36(2)47(69-11)31-43-24-22-41(7)59(68,76-43)53(64)54(65)60-26-18-17-21-44(60)55(66)74-48(32-45(61)37(3)28-40(6)51(63)52(71-13)50(62)39(5)27-35)38(4)29-42-23-25-46(49(30-42)70-12)75-56(67)58(10)33-72-57(8,9)73-34-58/h14-16,19-20,28,35,37-39,41-44,46-49,51-52,63,68H,17-18,21-27,29-34H2,1-13H3/b16-14+,19-15+,36-20+,40-28+/t35-,37-,38-,39-,41-,42+,43+,44+,46-,47-,48+,49-,51-,52+,59-/m1/s1. The Balaban J connectivity index is 1.43. The zero-order chi connectivity index (χ0) is 56.3. The zero-order valence-electron chi connectivity index (χ0n) is 47.7. The fourth-order valence-electron chi connectivity index (χ4n) is 11.4. The second-order valence-corrected chi connectivity index (χ2v) is 23.5. The van der Waals surface area contributed by atoms with Gasteiger partial charge in [0.15, 0.2) is 11.6 Å². The summed E-state index contributed by atoms with van der Waals surface area (Å²) < 4.78 is 47.6. The number of carbonyl (C=O) groups is 6. The Morgan fingerprint density at radius 2 is 1.53 bits per heavy atom. The van der Waals surface area contributed by atoms with Crippen molar-refractivity contribution in [3.8, 4) is 0 Å². The number of methoxy groups -OCH3 is 3. The van der Waals surface area contributed by atoms with Crippen LogP contribution in [-0.2, 0) is 66.7 Å². The maximum Gasteiger partial charge on any atom is 0.329 e. The van der Waals surface area contributed by atoms with Crippen LogP contribution in [0, 0.1) is 40.9 Å². The Bertz CT molecular complexity index is 2140. The lowest BCUT2D eigenvalue weighted by atomic mass is 9.78.